The van der Waals surface area contributed by atoms with Gasteiger partial charge in [0.25, 0.3) is 0 Å². The van der Waals surface area contributed by atoms with Crippen molar-refractivity contribution in [3.05, 3.63) is 60.0 Å². The van der Waals surface area contributed by atoms with Crippen LogP contribution < -0.4 is 14.8 Å². The summed E-state index contributed by atoms with van der Waals surface area (Å²) >= 11 is 0. The van der Waals surface area contributed by atoms with Crippen LogP contribution in [0.1, 0.15) is 17.9 Å². The summed E-state index contributed by atoms with van der Waals surface area (Å²) in [6.45, 7) is 2.87. The zero-order valence-electron chi connectivity index (χ0n) is 16.0. The molecule has 0 bridgehead atoms. The summed E-state index contributed by atoms with van der Waals surface area (Å²) in [7, 11) is 1.61. The molecule has 1 aromatic heterocycles. The van der Waals surface area contributed by atoms with E-state index in [4.69, 9.17) is 14.0 Å². The number of methoxy groups -OCH3 is 1. The minimum Gasteiger partial charge on any atom is -0.497 e. The molecule has 0 spiro atoms. The lowest BCUT2D eigenvalue weighted by atomic mass is 10.2. The summed E-state index contributed by atoms with van der Waals surface area (Å²) in [6.07, 6.45) is 0.655. The number of hydrogen-bond donors (Lipinski definition) is 1. The van der Waals surface area contributed by atoms with E-state index >= 15 is 0 Å². The molecule has 1 heterocycles. The Bertz CT molecular complexity index is 889. The molecule has 3 aromatic rings. The lowest BCUT2D eigenvalue weighted by Gasteiger charge is -2.07. The van der Waals surface area contributed by atoms with E-state index in [9.17, 15) is 4.79 Å². The van der Waals surface area contributed by atoms with Crippen molar-refractivity contribution in [2.24, 2.45) is 0 Å². The van der Waals surface area contributed by atoms with Gasteiger partial charge < -0.3 is 19.3 Å². The van der Waals surface area contributed by atoms with Gasteiger partial charge in [0.2, 0.25) is 17.6 Å². The molecule has 28 heavy (non-hydrogen) atoms. The van der Waals surface area contributed by atoms with Crippen molar-refractivity contribution in [3.8, 4) is 22.9 Å². The summed E-state index contributed by atoms with van der Waals surface area (Å²) in [5.41, 5.74) is 2.00. The van der Waals surface area contributed by atoms with Crippen molar-refractivity contribution >= 4 is 5.91 Å². The largest absolute Gasteiger partial charge is 0.497 e. The van der Waals surface area contributed by atoms with E-state index in [1.807, 2.05) is 55.5 Å². The highest BCUT2D eigenvalue weighted by Crippen LogP contribution is 2.20. The van der Waals surface area contributed by atoms with E-state index in [0.717, 1.165) is 17.1 Å². The van der Waals surface area contributed by atoms with Crippen LogP contribution in [0.5, 0.6) is 11.5 Å². The van der Waals surface area contributed by atoms with Gasteiger partial charge in [-0.3, -0.25) is 4.79 Å². The first-order valence-electron chi connectivity index (χ1n) is 9.07. The predicted octanol–water partition coefficient (Wildman–Crippen LogP) is 3.18. The van der Waals surface area contributed by atoms with E-state index in [0.29, 0.717) is 31.3 Å². The normalized spacial score (nSPS) is 10.5. The van der Waals surface area contributed by atoms with Crippen molar-refractivity contribution in [1.29, 1.82) is 0 Å². The Morgan fingerprint density at radius 1 is 1.07 bits per heavy atom. The van der Waals surface area contributed by atoms with Gasteiger partial charge in [0, 0.05) is 18.4 Å². The smallest absolute Gasteiger partial charge is 0.227 e. The third kappa shape index (κ3) is 5.57. The Hall–Kier alpha value is -3.35. The average Bonchev–Trinajstić information content (AvgIpc) is 3.20. The van der Waals surface area contributed by atoms with Gasteiger partial charge in [-0.15, -0.1) is 0 Å². The van der Waals surface area contributed by atoms with Crippen molar-refractivity contribution in [1.82, 2.24) is 15.5 Å². The summed E-state index contributed by atoms with van der Waals surface area (Å²) in [4.78, 5) is 16.3. The van der Waals surface area contributed by atoms with Crippen LogP contribution in [-0.2, 0) is 11.2 Å². The van der Waals surface area contributed by atoms with Gasteiger partial charge in [-0.05, 0) is 43.3 Å². The Kier molecular flexibility index (Phi) is 6.62. The molecule has 0 aliphatic heterocycles. The number of benzene rings is 2. The third-order valence-corrected chi connectivity index (χ3v) is 4.10. The van der Waals surface area contributed by atoms with Crippen LogP contribution in [0.4, 0.5) is 0 Å². The molecule has 0 aliphatic carbocycles. The average molecular weight is 381 g/mol. The fourth-order valence-corrected chi connectivity index (χ4v) is 2.52. The number of ether oxygens (including phenoxy) is 2. The first-order chi connectivity index (χ1) is 13.6. The molecular weight excluding hydrogens is 358 g/mol. The molecule has 0 unspecified atom stereocenters. The molecule has 3 rings (SSSR count). The molecular formula is C21H23N3O4. The van der Waals surface area contributed by atoms with Crippen LogP contribution in [0.15, 0.2) is 53.1 Å². The zero-order chi connectivity index (χ0) is 19.8. The highest BCUT2D eigenvalue weighted by Gasteiger charge is 2.11. The van der Waals surface area contributed by atoms with Crippen molar-refractivity contribution in [2.45, 2.75) is 19.8 Å². The number of carbonyl (C=O) groups excluding carboxylic acids is 1. The van der Waals surface area contributed by atoms with Crippen LogP contribution in [-0.4, -0.2) is 36.3 Å². The van der Waals surface area contributed by atoms with E-state index in [1.165, 1.54) is 5.56 Å². The number of aryl methyl sites for hydroxylation is 2. The molecule has 2 aromatic carbocycles. The number of hydrogen-bond acceptors (Lipinski definition) is 6. The fourth-order valence-electron chi connectivity index (χ4n) is 2.52. The quantitative estimate of drug-likeness (QED) is 0.573. The first kappa shape index (κ1) is 19.4. The topological polar surface area (TPSA) is 86.5 Å². The molecule has 0 radical (unpaired) electrons. The maximum absolute atomic E-state index is 11.9. The summed E-state index contributed by atoms with van der Waals surface area (Å²) < 4.78 is 15.9. The van der Waals surface area contributed by atoms with Crippen molar-refractivity contribution in [3.63, 3.8) is 0 Å². The molecule has 7 heteroatoms. The van der Waals surface area contributed by atoms with E-state index in [1.54, 1.807) is 7.11 Å². The second-order valence-corrected chi connectivity index (χ2v) is 6.25. The number of aromatic nitrogens is 2. The highest BCUT2D eigenvalue weighted by atomic mass is 16.5. The molecule has 1 amide bonds. The zero-order valence-corrected chi connectivity index (χ0v) is 16.0. The Balaban J connectivity index is 1.38. The van der Waals surface area contributed by atoms with Gasteiger partial charge in [-0.2, -0.15) is 4.98 Å². The molecule has 0 atom stereocenters. The predicted molar refractivity (Wildman–Crippen MR) is 104 cm³/mol. The first-order valence-corrected chi connectivity index (χ1v) is 9.07. The minimum atomic E-state index is -0.0864. The number of nitrogens with one attached hydrogen (secondary N) is 1. The lowest BCUT2D eigenvalue weighted by Crippen LogP contribution is -2.28. The summed E-state index contributed by atoms with van der Waals surface area (Å²) in [6, 6.07) is 15.2. The maximum Gasteiger partial charge on any atom is 0.227 e. The van der Waals surface area contributed by atoms with Crippen molar-refractivity contribution < 1.29 is 18.8 Å². The van der Waals surface area contributed by atoms with Crippen LogP contribution in [0.2, 0.25) is 0 Å². The number of nitrogens with zero attached hydrogens (tertiary/aromatic N) is 2. The minimum absolute atomic E-state index is 0.0864. The standard InChI is InChI=1S/C21H23N3O4/c1-15-3-7-18(8-4-15)27-14-13-22-19(25)11-12-20-23-21(24-28-20)16-5-9-17(26-2)10-6-16/h3-10H,11-14H2,1-2H3,(H,22,25). The molecule has 0 fully saturated rings. The van der Waals surface area contributed by atoms with E-state index in [2.05, 4.69) is 15.5 Å². The van der Waals surface area contributed by atoms with Crippen LogP contribution in [0.25, 0.3) is 11.4 Å². The summed E-state index contributed by atoms with van der Waals surface area (Å²) in [5, 5.41) is 6.77. The van der Waals surface area contributed by atoms with Gasteiger partial charge in [-0.25, -0.2) is 0 Å². The van der Waals surface area contributed by atoms with Crippen LogP contribution in [0, 0.1) is 6.92 Å². The number of carbonyl (C=O) groups is 1. The van der Waals surface area contributed by atoms with E-state index < -0.39 is 0 Å². The number of amides is 1. The molecule has 1 N–H and O–H groups in total. The second kappa shape index (κ2) is 9.55. The fraction of sp³-hybridized carbons (Fsp3) is 0.286. The number of rotatable bonds is 9. The SMILES string of the molecule is COc1ccc(-c2noc(CCC(=O)NCCOc3ccc(C)cc3)n2)cc1. The molecule has 0 saturated carbocycles. The lowest BCUT2D eigenvalue weighted by molar-refractivity contribution is -0.121. The van der Waals surface area contributed by atoms with Gasteiger partial charge >= 0.3 is 0 Å². The monoisotopic (exact) mass is 381 g/mol. The van der Waals surface area contributed by atoms with Gasteiger partial charge in [0.05, 0.1) is 13.7 Å². The van der Waals surface area contributed by atoms with Crippen LogP contribution in [0.3, 0.4) is 0 Å². The van der Waals surface area contributed by atoms with Crippen LogP contribution >= 0.6 is 0 Å². The second-order valence-electron chi connectivity index (χ2n) is 6.25. The van der Waals surface area contributed by atoms with Gasteiger partial charge in [0.15, 0.2) is 0 Å². The third-order valence-electron chi connectivity index (χ3n) is 4.10. The molecule has 0 aliphatic rings. The summed E-state index contributed by atoms with van der Waals surface area (Å²) in [5.74, 6) is 2.38. The van der Waals surface area contributed by atoms with E-state index in [-0.39, 0.29) is 12.3 Å². The Morgan fingerprint density at radius 2 is 1.79 bits per heavy atom. The Labute approximate surface area is 163 Å². The molecule has 146 valence electrons. The van der Waals surface area contributed by atoms with Gasteiger partial charge in [-0.1, -0.05) is 22.9 Å². The highest BCUT2D eigenvalue weighted by molar-refractivity contribution is 5.76. The molecule has 7 nitrogen and oxygen atoms in total. The Morgan fingerprint density at radius 3 is 2.50 bits per heavy atom. The van der Waals surface area contributed by atoms with Crippen molar-refractivity contribution in [2.75, 3.05) is 20.3 Å². The molecule has 0 saturated heterocycles. The van der Waals surface area contributed by atoms with Gasteiger partial charge in [0.1, 0.15) is 18.1 Å². The maximum atomic E-state index is 11.9.